The highest BCUT2D eigenvalue weighted by atomic mass is 35.5. The molecule has 1 aromatic heterocycles. The average molecular weight is 289 g/mol. The minimum atomic E-state index is -1.49. The van der Waals surface area contributed by atoms with Crippen molar-refractivity contribution >= 4 is 23.5 Å². The number of aromatic nitrogens is 1. The molecule has 0 aliphatic heterocycles. The number of rotatable bonds is 6. The first-order valence-corrected chi connectivity index (χ1v) is 6.21. The van der Waals surface area contributed by atoms with Crippen molar-refractivity contribution in [3.05, 3.63) is 23.0 Å². The van der Waals surface area contributed by atoms with Crippen LogP contribution in [-0.2, 0) is 11.3 Å². The first kappa shape index (κ1) is 15.5. The largest absolute Gasteiger partial charge is 0.481 e. The molecule has 0 fully saturated rings. The number of aliphatic hydroxyl groups is 1. The fraction of sp³-hybridized carbons (Fsp3) is 0.500. The maximum atomic E-state index is 11.9. The monoisotopic (exact) mass is 288 g/mol. The molecule has 1 rings (SSSR count). The number of carbonyl (C=O) groups is 2. The van der Waals surface area contributed by atoms with E-state index in [1.807, 2.05) is 6.92 Å². The molecular formula is C12H17ClN2O4. The van der Waals surface area contributed by atoms with Crippen LogP contribution >= 0.6 is 11.6 Å². The molecule has 0 spiro atoms. The molecule has 7 heteroatoms. The topological polar surface area (TPSA) is 91.6 Å². The summed E-state index contributed by atoms with van der Waals surface area (Å²) < 4.78 is 1.67. The van der Waals surface area contributed by atoms with E-state index in [1.54, 1.807) is 10.8 Å². The SMILES string of the molecule is CCn1cc(Cl)cc1C(=O)NCC(C)(O)CC(=O)O. The molecule has 0 bridgehead atoms. The molecule has 1 unspecified atom stereocenters. The van der Waals surface area contributed by atoms with Gasteiger partial charge in [0.05, 0.1) is 17.0 Å². The normalized spacial score (nSPS) is 13.9. The van der Waals surface area contributed by atoms with Crippen molar-refractivity contribution in [2.45, 2.75) is 32.4 Å². The predicted molar refractivity (Wildman–Crippen MR) is 70.3 cm³/mol. The second-order valence-corrected chi connectivity index (χ2v) is 5.02. The number of nitrogens with zero attached hydrogens (tertiary/aromatic N) is 1. The highest BCUT2D eigenvalue weighted by molar-refractivity contribution is 6.31. The van der Waals surface area contributed by atoms with E-state index < -0.39 is 23.9 Å². The number of aliphatic carboxylic acids is 1. The van der Waals surface area contributed by atoms with E-state index in [2.05, 4.69) is 5.32 Å². The lowest BCUT2D eigenvalue weighted by Crippen LogP contribution is -2.42. The standard InChI is InChI=1S/C12H17ClN2O4/c1-3-15-6-8(13)4-9(15)11(18)14-7-12(2,19)5-10(16)17/h4,6,19H,3,5,7H2,1-2H3,(H,14,18)(H,16,17). The zero-order valence-corrected chi connectivity index (χ0v) is 11.6. The molecule has 1 amide bonds. The molecule has 0 aliphatic carbocycles. The van der Waals surface area contributed by atoms with Crippen molar-refractivity contribution in [2.24, 2.45) is 0 Å². The number of halogens is 1. The summed E-state index contributed by atoms with van der Waals surface area (Å²) in [6, 6.07) is 1.52. The van der Waals surface area contributed by atoms with Crippen LogP contribution < -0.4 is 5.32 Å². The maximum absolute atomic E-state index is 11.9. The lowest BCUT2D eigenvalue weighted by molar-refractivity contribution is -0.141. The third-order valence-electron chi connectivity index (χ3n) is 2.60. The van der Waals surface area contributed by atoms with Crippen LogP contribution in [0, 0.1) is 0 Å². The van der Waals surface area contributed by atoms with Crippen LogP contribution in [0.4, 0.5) is 0 Å². The zero-order valence-electron chi connectivity index (χ0n) is 10.8. The van der Waals surface area contributed by atoms with Gasteiger partial charge >= 0.3 is 5.97 Å². The Morgan fingerprint density at radius 2 is 2.16 bits per heavy atom. The summed E-state index contributed by atoms with van der Waals surface area (Å²) in [5.41, 5.74) is -1.12. The highest BCUT2D eigenvalue weighted by Gasteiger charge is 2.25. The number of carboxylic acids is 1. The Morgan fingerprint density at radius 3 is 2.68 bits per heavy atom. The first-order valence-electron chi connectivity index (χ1n) is 5.83. The lowest BCUT2D eigenvalue weighted by atomic mass is 10.0. The summed E-state index contributed by atoms with van der Waals surface area (Å²) in [6.07, 6.45) is 1.19. The molecule has 1 atom stereocenters. The number of hydrogen-bond donors (Lipinski definition) is 3. The van der Waals surface area contributed by atoms with E-state index in [9.17, 15) is 14.7 Å². The number of carbonyl (C=O) groups excluding carboxylic acids is 1. The minimum absolute atomic E-state index is 0.148. The summed E-state index contributed by atoms with van der Waals surface area (Å²) in [7, 11) is 0. The predicted octanol–water partition coefficient (Wildman–Crippen LogP) is 1.12. The van der Waals surface area contributed by atoms with Crippen LogP contribution in [0.15, 0.2) is 12.3 Å². The van der Waals surface area contributed by atoms with E-state index in [4.69, 9.17) is 16.7 Å². The van der Waals surface area contributed by atoms with Crippen molar-refractivity contribution in [3.63, 3.8) is 0 Å². The Bertz CT molecular complexity index is 482. The molecule has 0 aromatic carbocycles. The summed E-state index contributed by atoms with van der Waals surface area (Å²) >= 11 is 5.82. The van der Waals surface area contributed by atoms with Gasteiger partial charge in [-0.25, -0.2) is 0 Å². The molecule has 106 valence electrons. The van der Waals surface area contributed by atoms with Gasteiger partial charge in [-0.05, 0) is 19.9 Å². The summed E-state index contributed by atoms with van der Waals surface area (Å²) in [5, 5.41) is 21.4. The Morgan fingerprint density at radius 1 is 1.53 bits per heavy atom. The number of carboxylic acid groups (broad SMARTS) is 1. The number of hydrogen-bond acceptors (Lipinski definition) is 3. The zero-order chi connectivity index (χ0) is 14.6. The Labute approximate surface area is 116 Å². The highest BCUT2D eigenvalue weighted by Crippen LogP contribution is 2.14. The number of aryl methyl sites for hydroxylation is 1. The Hall–Kier alpha value is -1.53. The average Bonchev–Trinajstić information content (AvgIpc) is 2.66. The Kier molecular flexibility index (Phi) is 4.97. The molecule has 19 heavy (non-hydrogen) atoms. The lowest BCUT2D eigenvalue weighted by Gasteiger charge is -2.21. The molecule has 1 aromatic rings. The fourth-order valence-corrected chi connectivity index (χ4v) is 1.90. The quantitative estimate of drug-likeness (QED) is 0.731. The van der Waals surface area contributed by atoms with Crippen LogP contribution in [-0.4, -0.2) is 38.8 Å². The van der Waals surface area contributed by atoms with Gasteiger partial charge in [0.1, 0.15) is 5.69 Å². The van der Waals surface area contributed by atoms with E-state index in [0.717, 1.165) is 0 Å². The van der Waals surface area contributed by atoms with Gasteiger partial charge < -0.3 is 20.1 Å². The molecular weight excluding hydrogens is 272 g/mol. The van der Waals surface area contributed by atoms with Gasteiger partial charge in [-0.2, -0.15) is 0 Å². The molecule has 3 N–H and O–H groups in total. The van der Waals surface area contributed by atoms with Gasteiger partial charge in [0.25, 0.3) is 5.91 Å². The van der Waals surface area contributed by atoms with E-state index >= 15 is 0 Å². The van der Waals surface area contributed by atoms with Gasteiger partial charge in [-0.3, -0.25) is 9.59 Å². The van der Waals surface area contributed by atoms with Crippen molar-refractivity contribution in [3.8, 4) is 0 Å². The summed E-state index contributed by atoms with van der Waals surface area (Å²) in [5.74, 6) is -1.53. The molecule has 0 aliphatic rings. The minimum Gasteiger partial charge on any atom is -0.481 e. The van der Waals surface area contributed by atoms with Crippen LogP contribution in [0.2, 0.25) is 5.02 Å². The van der Waals surface area contributed by atoms with Crippen molar-refractivity contribution in [1.29, 1.82) is 0 Å². The van der Waals surface area contributed by atoms with E-state index in [0.29, 0.717) is 17.3 Å². The number of amides is 1. The summed E-state index contributed by atoms with van der Waals surface area (Å²) in [6.45, 7) is 3.66. The van der Waals surface area contributed by atoms with Gasteiger partial charge in [-0.15, -0.1) is 0 Å². The van der Waals surface area contributed by atoms with Crippen molar-refractivity contribution in [1.82, 2.24) is 9.88 Å². The molecule has 6 nitrogen and oxygen atoms in total. The van der Waals surface area contributed by atoms with Crippen molar-refractivity contribution < 1.29 is 19.8 Å². The molecule has 0 saturated carbocycles. The first-order chi connectivity index (χ1) is 8.75. The smallest absolute Gasteiger partial charge is 0.306 e. The Balaban J connectivity index is 2.67. The van der Waals surface area contributed by atoms with Crippen molar-refractivity contribution in [2.75, 3.05) is 6.54 Å². The maximum Gasteiger partial charge on any atom is 0.306 e. The van der Waals surface area contributed by atoms with Gasteiger partial charge in [0.2, 0.25) is 0 Å². The fourth-order valence-electron chi connectivity index (χ4n) is 1.68. The third-order valence-corrected chi connectivity index (χ3v) is 2.81. The molecule has 0 saturated heterocycles. The van der Waals surface area contributed by atoms with Crippen LogP contribution in [0.3, 0.4) is 0 Å². The van der Waals surface area contributed by atoms with Gasteiger partial charge in [0.15, 0.2) is 0 Å². The second kappa shape index (κ2) is 6.08. The second-order valence-electron chi connectivity index (χ2n) is 4.58. The third kappa shape index (κ3) is 4.57. The van der Waals surface area contributed by atoms with E-state index in [1.165, 1.54) is 13.0 Å². The summed E-state index contributed by atoms with van der Waals surface area (Å²) in [4.78, 5) is 22.5. The number of nitrogens with one attached hydrogen (secondary N) is 1. The molecule has 1 heterocycles. The molecule has 0 radical (unpaired) electrons. The van der Waals surface area contributed by atoms with E-state index in [-0.39, 0.29) is 6.54 Å². The van der Waals surface area contributed by atoms with Gasteiger partial charge in [0, 0.05) is 19.3 Å². The van der Waals surface area contributed by atoms with Gasteiger partial charge in [-0.1, -0.05) is 11.6 Å². The van der Waals surface area contributed by atoms with Crippen LogP contribution in [0.25, 0.3) is 0 Å². The van der Waals surface area contributed by atoms with Crippen LogP contribution in [0.5, 0.6) is 0 Å². The van der Waals surface area contributed by atoms with Crippen LogP contribution in [0.1, 0.15) is 30.8 Å².